The molecule has 4 fully saturated rings. The Labute approximate surface area is 226 Å². The predicted molar refractivity (Wildman–Crippen MR) is 148 cm³/mol. The van der Waals surface area contributed by atoms with Crippen LogP contribution in [0.3, 0.4) is 0 Å². The maximum absolute atomic E-state index is 13.8. The smallest absolute Gasteiger partial charge is 0.318 e. The van der Waals surface area contributed by atoms with Crippen LogP contribution in [-0.2, 0) is 13.0 Å². The number of carbonyl (C=O) groups excluding carboxylic acids is 1. The molecule has 0 spiro atoms. The summed E-state index contributed by atoms with van der Waals surface area (Å²) in [7, 11) is 0. The van der Waals surface area contributed by atoms with Gasteiger partial charge in [0.25, 0.3) is 0 Å². The van der Waals surface area contributed by atoms with Crippen LogP contribution >= 0.6 is 11.3 Å². The van der Waals surface area contributed by atoms with Crippen LogP contribution in [0.1, 0.15) is 49.8 Å². The summed E-state index contributed by atoms with van der Waals surface area (Å²) in [5.41, 5.74) is 3.99. The van der Waals surface area contributed by atoms with Gasteiger partial charge in [-0.1, -0.05) is 30.3 Å². The summed E-state index contributed by atoms with van der Waals surface area (Å²) in [4.78, 5) is 21.5. The molecule has 7 heteroatoms. The molecule has 4 aliphatic rings. The Kier molecular flexibility index (Phi) is 5.99. The predicted octanol–water partition coefficient (Wildman–Crippen LogP) is 6.93. The van der Waals surface area contributed by atoms with Crippen molar-refractivity contribution >= 4 is 22.3 Å². The summed E-state index contributed by atoms with van der Waals surface area (Å²) in [5.74, 6) is 2.13. The average molecular weight is 529 g/mol. The third-order valence-corrected chi connectivity index (χ3v) is 9.86. The number of thiazole rings is 1. The third-order valence-electron chi connectivity index (χ3n) is 8.98. The molecular weight excluding hydrogens is 495 g/mol. The SMILES string of the molecule is O=C(NC12CC3CC(CC(C3)C1)C2)N(CCc1csc2nc(-c3ccc(F)cc3)cn12)Cc1ccccc1. The van der Waals surface area contributed by atoms with Crippen molar-refractivity contribution in [3.05, 3.63) is 83.2 Å². The summed E-state index contributed by atoms with van der Waals surface area (Å²) in [6.45, 7) is 1.22. The van der Waals surface area contributed by atoms with Crippen molar-refractivity contribution in [1.29, 1.82) is 0 Å². The van der Waals surface area contributed by atoms with Crippen LogP contribution in [0.25, 0.3) is 16.2 Å². The topological polar surface area (TPSA) is 49.6 Å². The lowest BCUT2D eigenvalue weighted by molar-refractivity contribution is -0.0158. The maximum Gasteiger partial charge on any atom is 0.318 e. The molecule has 5 nitrogen and oxygen atoms in total. The zero-order valence-electron chi connectivity index (χ0n) is 21.5. The highest BCUT2D eigenvalue weighted by atomic mass is 32.1. The lowest BCUT2D eigenvalue weighted by atomic mass is 9.53. The Morgan fingerprint density at radius 2 is 1.71 bits per heavy atom. The first kappa shape index (κ1) is 23.9. The fraction of sp³-hybridized carbons (Fsp3) is 0.419. The van der Waals surface area contributed by atoms with Gasteiger partial charge >= 0.3 is 6.03 Å². The monoisotopic (exact) mass is 528 g/mol. The zero-order chi connectivity index (χ0) is 25.7. The fourth-order valence-electron chi connectivity index (χ4n) is 7.64. The number of rotatable bonds is 7. The largest absolute Gasteiger partial charge is 0.333 e. The van der Waals surface area contributed by atoms with Crippen molar-refractivity contribution in [3.8, 4) is 11.3 Å². The van der Waals surface area contributed by atoms with E-state index >= 15 is 0 Å². The van der Waals surface area contributed by atoms with Crippen molar-refractivity contribution in [2.45, 2.75) is 57.0 Å². The quantitative estimate of drug-likeness (QED) is 0.283. The Bertz CT molecular complexity index is 1410. The number of urea groups is 1. The van der Waals surface area contributed by atoms with Gasteiger partial charge in [-0.2, -0.15) is 0 Å². The molecule has 2 aromatic carbocycles. The number of nitrogens with one attached hydrogen (secondary N) is 1. The van der Waals surface area contributed by atoms with E-state index in [0.717, 1.165) is 70.9 Å². The highest BCUT2D eigenvalue weighted by Crippen LogP contribution is 2.55. The average Bonchev–Trinajstić information content (AvgIpc) is 3.48. The van der Waals surface area contributed by atoms with Gasteiger partial charge in [-0.05, 0) is 86.1 Å². The van der Waals surface area contributed by atoms with E-state index in [4.69, 9.17) is 4.98 Å². The lowest BCUT2D eigenvalue weighted by Gasteiger charge is -2.57. The maximum atomic E-state index is 13.8. The molecule has 4 aliphatic carbocycles. The number of amides is 2. The molecule has 4 saturated carbocycles. The molecule has 196 valence electrons. The van der Waals surface area contributed by atoms with Gasteiger partial charge in [0.15, 0.2) is 4.96 Å². The first-order valence-corrected chi connectivity index (χ1v) is 14.7. The molecule has 4 bridgehead atoms. The first-order valence-electron chi connectivity index (χ1n) is 13.8. The summed E-state index contributed by atoms with van der Waals surface area (Å²) < 4.78 is 15.5. The molecule has 1 N–H and O–H groups in total. The molecule has 0 unspecified atom stereocenters. The van der Waals surface area contributed by atoms with Gasteiger partial charge in [-0.15, -0.1) is 11.3 Å². The van der Waals surface area contributed by atoms with E-state index in [2.05, 4.69) is 27.2 Å². The summed E-state index contributed by atoms with van der Waals surface area (Å²) >= 11 is 1.60. The summed E-state index contributed by atoms with van der Waals surface area (Å²) in [6, 6.07) is 16.8. The number of nitrogens with zero attached hydrogens (tertiary/aromatic N) is 3. The summed E-state index contributed by atoms with van der Waals surface area (Å²) in [5, 5.41) is 5.72. The number of benzene rings is 2. The van der Waals surface area contributed by atoms with Crippen LogP contribution in [0.2, 0.25) is 0 Å². The number of halogens is 1. The zero-order valence-corrected chi connectivity index (χ0v) is 22.3. The van der Waals surface area contributed by atoms with Crippen molar-refractivity contribution < 1.29 is 9.18 Å². The lowest BCUT2D eigenvalue weighted by Crippen LogP contribution is -2.61. The van der Waals surface area contributed by atoms with E-state index in [-0.39, 0.29) is 17.4 Å². The van der Waals surface area contributed by atoms with E-state index in [1.165, 1.54) is 31.4 Å². The van der Waals surface area contributed by atoms with E-state index in [9.17, 15) is 9.18 Å². The van der Waals surface area contributed by atoms with Crippen LogP contribution in [0, 0.1) is 23.6 Å². The van der Waals surface area contributed by atoms with Crippen LogP contribution in [0.15, 0.2) is 66.2 Å². The second-order valence-corrected chi connectivity index (χ2v) is 12.6. The molecule has 0 saturated heterocycles. The highest BCUT2D eigenvalue weighted by Gasteiger charge is 2.51. The van der Waals surface area contributed by atoms with Gasteiger partial charge in [0, 0.05) is 47.9 Å². The summed E-state index contributed by atoms with van der Waals surface area (Å²) in [6.07, 6.45) is 10.3. The Morgan fingerprint density at radius 1 is 1.03 bits per heavy atom. The minimum Gasteiger partial charge on any atom is -0.333 e. The van der Waals surface area contributed by atoms with Crippen LogP contribution in [0.5, 0.6) is 0 Å². The number of aromatic nitrogens is 2. The third kappa shape index (κ3) is 4.62. The van der Waals surface area contributed by atoms with Crippen molar-refractivity contribution in [2.75, 3.05) is 6.54 Å². The number of fused-ring (bicyclic) bond motifs is 1. The van der Waals surface area contributed by atoms with Crippen molar-refractivity contribution in [3.63, 3.8) is 0 Å². The van der Waals surface area contributed by atoms with Crippen molar-refractivity contribution in [2.24, 2.45) is 17.8 Å². The second kappa shape index (κ2) is 9.53. The fourth-order valence-corrected chi connectivity index (χ4v) is 8.55. The highest BCUT2D eigenvalue weighted by molar-refractivity contribution is 7.15. The first-order chi connectivity index (χ1) is 18.5. The van der Waals surface area contributed by atoms with Gasteiger partial charge in [0.2, 0.25) is 0 Å². The Balaban J connectivity index is 1.10. The normalized spacial score (nSPS) is 25.7. The molecule has 0 atom stereocenters. The van der Waals surface area contributed by atoms with Gasteiger partial charge < -0.3 is 10.2 Å². The van der Waals surface area contributed by atoms with Crippen LogP contribution in [-0.4, -0.2) is 32.4 Å². The number of hydrogen-bond acceptors (Lipinski definition) is 3. The van der Waals surface area contributed by atoms with E-state index in [1.54, 1.807) is 23.5 Å². The van der Waals surface area contributed by atoms with E-state index in [0.29, 0.717) is 13.1 Å². The number of hydrogen-bond donors (Lipinski definition) is 1. The molecule has 4 aromatic rings. The molecule has 2 amide bonds. The molecule has 2 heterocycles. The van der Waals surface area contributed by atoms with E-state index < -0.39 is 0 Å². The Morgan fingerprint density at radius 3 is 2.39 bits per heavy atom. The molecule has 8 rings (SSSR count). The molecule has 38 heavy (non-hydrogen) atoms. The van der Waals surface area contributed by atoms with Crippen molar-refractivity contribution in [1.82, 2.24) is 19.6 Å². The second-order valence-electron chi connectivity index (χ2n) is 11.8. The van der Waals surface area contributed by atoms with Gasteiger partial charge in [-0.3, -0.25) is 4.40 Å². The Hall–Kier alpha value is -3.19. The molecular formula is C31H33FN4OS. The molecule has 2 aromatic heterocycles. The van der Waals surface area contributed by atoms with Crippen LogP contribution in [0.4, 0.5) is 9.18 Å². The van der Waals surface area contributed by atoms with Crippen LogP contribution < -0.4 is 5.32 Å². The number of imidazole rings is 1. The molecule has 0 radical (unpaired) electrons. The van der Waals surface area contributed by atoms with E-state index in [1.807, 2.05) is 29.3 Å². The standard InChI is InChI=1S/C31H33FN4OS/c32-26-8-6-25(7-9-26)28-19-36-27(20-38-30(36)33-28)10-11-35(18-21-4-2-1-3-5-21)29(37)34-31-15-22-12-23(16-31)14-24(13-22)17-31/h1-9,19-20,22-24H,10-18H2,(H,34,37). The van der Waals surface area contributed by atoms with Gasteiger partial charge in [-0.25, -0.2) is 14.2 Å². The van der Waals surface area contributed by atoms with Gasteiger partial charge in [0.05, 0.1) is 5.69 Å². The number of carbonyl (C=O) groups is 1. The minimum absolute atomic E-state index is 0.00910. The molecule has 0 aliphatic heterocycles. The van der Waals surface area contributed by atoms with Gasteiger partial charge in [0.1, 0.15) is 5.82 Å². The minimum atomic E-state index is -0.249.